The van der Waals surface area contributed by atoms with Crippen LogP contribution in [0.15, 0.2) is 53.9 Å². The normalized spacial score (nSPS) is 24.7. The van der Waals surface area contributed by atoms with Crippen molar-refractivity contribution in [3.63, 3.8) is 0 Å². The molecule has 0 spiro atoms. The van der Waals surface area contributed by atoms with Gasteiger partial charge in [0.25, 0.3) is 10.1 Å². The molecule has 0 bridgehead atoms. The fourth-order valence-corrected chi connectivity index (χ4v) is 8.85. The highest BCUT2D eigenvalue weighted by atomic mass is 32.2. The Balaban J connectivity index is 1.24. The molecule has 4 aromatic rings. The van der Waals surface area contributed by atoms with Crippen LogP contribution in [0.25, 0.3) is 21.9 Å². The molecule has 7 atom stereocenters. The first kappa shape index (κ1) is 33.5. The van der Waals surface area contributed by atoms with Gasteiger partial charge in [0.05, 0.1) is 18.6 Å². The zero-order chi connectivity index (χ0) is 32.9. The molecule has 0 amide bonds. The van der Waals surface area contributed by atoms with Crippen molar-refractivity contribution in [2.75, 3.05) is 17.4 Å². The number of hydrogen-bond donors (Lipinski definition) is 8. The first-order valence-electron chi connectivity index (χ1n) is 12.2. The first-order chi connectivity index (χ1) is 20.9. The minimum atomic E-state index is -5.88. The van der Waals surface area contributed by atoms with E-state index in [2.05, 4.69) is 28.1 Å². The Morgan fingerprint density at radius 2 is 1.64 bits per heavy atom. The number of anilines is 2. The molecular weight excluding hydrogens is 689 g/mol. The number of rotatable bonds is 11. The number of aliphatic hydroxyl groups excluding tert-OH is 2. The Morgan fingerprint density at radius 1 is 0.956 bits per heavy atom. The lowest BCUT2D eigenvalue weighted by Crippen LogP contribution is -2.33. The smallest absolute Gasteiger partial charge is 0.387 e. The van der Waals surface area contributed by atoms with Crippen LogP contribution in [0, 0.1) is 0 Å². The van der Waals surface area contributed by atoms with Crippen LogP contribution in [-0.4, -0.2) is 82.3 Å². The van der Waals surface area contributed by atoms with Crippen molar-refractivity contribution in [1.29, 1.82) is 0 Å². The molecule has 0 aliphatic carbocycles. The van der Waals surface area contributed by atoms with Gasteiger partial charge >= 0.3 is 23.4 Å². The number of nitrogens with one attached hydrogen (secondary N) is 1. The molecule has 244 valence electrons. The number of phosphoric acid groups is 2. The average molecular weight is 712 g/mol. The Labute approximate surface area is 251 Å². The lowest BCUT2D eigenvalue weighted by atomic mass is 10.1. The van der Waals surface area contributed by atoms with Gasteiger partial charge < -0.3 is 35.4 Å². The van der Waals surface area contributed by atoms with Crippen LogP contribution >= 0.6 is 23.4 Å². The topological polar surface area (TPSA) is 325 Å². The molecule has 2 aromatic carbocycles. The summed E-state index contributed by atoms with van der Waals surface area (Å²) in [5, 5.41) is 22.6. The summed E-state index contributed by atoms with van der Waals surface area (Å²) in [6, 6.07) is 7.20. The van der Waals surface area contributed by atoms with E-state index in [0.717, 1.165) is 18.5 Å². The molecule has 25 heteroatoms. The summed E-state index contributed by atoms with van der Waals surface area (Å²) in [5.41, 5.74) is 5.72. The maximum atomic E-state index is 12.6. The van der Waals surface area contributed by atoms with E-state index in [1.165, 1.54) is 35.2 Å². The van der Waals surface area contributed by atoms with Crippen LogP contribution in [0.5, 0.6) is 0 Å². The number of nitrogens with zero attached hydrogens (tertiary/aromatic N) is 4. The minimum absolute atomic E-state index is 0.0201. The summed E-state index contributed by atoms with van der Waals surface area (Å²) < 4.78 is 89.9. The first-order valence-corrected chi connectivity index (χ1v) is 18.2. The van der Waals surface area contributed by atoms with Gasteiger partial charge in [0.15, 0.2) is 17.7 Å². The van der Waals surface area contributed by atoms with E-state index >= 15 is 0 Å². The van der Waals surface area contributed by atoms with E-state index in [-0.39, 0.29) is 33.4 Å². The van der Waals surface area contributed by atoms with Gasteiger partial charge in [-0.3, -0.25) is 18.7 Å². The van der Waals surface area contributed by atoms with Crippen LogP contribution < -0.4 is 10.8 Å². The van der Waals surface area contributed by atoms with Crippen molar-refractivity contribution in [3.8, 4) is 0 Å². The van der Waals surface area contributed by atoms with Crippen LogP contribution in [0.1, 0.15) is 6.23 Å². The van der Waals surface area contributed by atoms with Gasteiger partial charge in [-0.2, -0.15) is 17.0 Å². The highest BCUT2D eigenvalue weighted by molar-refractivity contribution is 7.86. The van der Waals surface area contributed by atoms with E-state index in [1.54, 1.807) is 0 Å². The van der Waals surface area contributed by atoms with Gasteiger partial charge in [0.1, 0.15) is 35.1 Å². The number of benzene rings is 2. The van der Waals surface area contributed by atoms with Crippen LogP contribution in [-0.2, 0) is 41.7 Å². The standard InChI is InChI=1S/C20H23N6O15P3S/c21-18-15-19(23-8-22-18)26(9-24-15)20-17(28)16(27)13(39-20)7-38-43(31,32)41-44(33,34)40-42(29,30)25-12-5-1-4-11-10(12)3-2-6-14(11)45(35,36)37/h1-6,8-9,13,16-17,20,27-28H,7H2,(H,31,32)(H,33,34)(H2,21,22,23)(H2,25,29,30)(H,35,36,37)/t13-,16-,17-,20-/m1/s1. The number of nitrogens with two attached hydrogens (primary N) is 1. The van der Waals surface area contributed by atoms with Crippen LogP contribution in [0.3, 0.4) is 0 Å². The maximum absolute atomic E-state index is 12.6. The number of phosphoric ester groups is 1. The van der Waals surface area contributed by atoms with E-state index in [1.807, 2.05) is 5.09 Å². The largest absolute Gasteiger partial charge is 0.489 e. The third-order valence-electron chi connectivity index (χ3n) is 6.24. The SMILES string of the molecule is Nc1ncnc2c1ncn2[C@@H]1O[C@H](COP(=O)(O)OP(=O)(O)OP(=O)(O)Nc2cccc3c(S(=O)(=O)O)cccc23)[C@@H](O)[C@H]1O. The maximum Gasteiger partial charge on any atom is 0.489 e. The summed E-state index contributed by atoms with van der Waals surface area (Å²) in [7, 11) is -21.6. The van der Waals surface area contributed by atoms with Crippen molar-refractivity contribution in [2.45, 2.75) is 29.4 Å². The van der Waals surface area contributed by atoms with Crippen molar-refractivity contribution in [3.05, 3.63) is 49.1 Å². The summed E-state index contributed by atoms with van der Waals surface area (Å²) in [5.74, 6) is 0.0201. The number of aliphatic hydroxyl groups is 2. The fourth-order valence-electron chi connectivity index (χ4n) is 4.41. The van der Waals surface area contributed by atoms with Gasteiger partial charge in [0.2, 0.25) is 0 Å². The molecule has 21 nitrogen and oxygen atoms in total. The second kappa shape index (κ2) is 12.0. The highest BCUT2D eigenvalue weighted by Crippen LogP contribution is 2.67. The summed E-state index contributed by atoms with van der Waals surface area (Å²) in [6.45, 7) is -1.01. The third-order valence-corrected chi connectivity index (χ3v) is 11.5. The second-order valence-electron chi connectivity index (χ2n) is 9.29. The second-order valence-corrected chi connectivity index (χ2v) is 15.4. The average Bonchev–Trinajstić information content (AvgIpc) is 3.47. The molecule has 1 aliphatic rings. The predicted octanol–water partition coefficient (Wildman–Crippen LogP) is 0.891. The fraction of sp³-hybridized carbons (Fsp3) is 0.250. The zero-order valence-corrected chi connectivity index (χ0v) is 25.6. The van der Waals surface area contributed by atoms with Gasteiger partial charge in [-0.25, -0.2) is 28.6 Å². The van der Waals surface area contributed by atoms with E-state index in [9.17, 15) is 51.6 Å². The number of imidazole rings is 1. The Bertz CT molecular complexity index is 2030. The van der Waals surface area contributed by atoms with E-state index < -0.39 is 69.6 Å². The lowest BCUT2D eigenvalue weighted by Gasteiger charge is -2.21. The van der Waals surface area contributed by atoms with Crippen molar-refractivity contribution < 1.29 is 69.4 Å². The molecular formula is C20H23N6O15P3S. The summed E-state index contributed by atoms with van der Waals surface area (Å²) in [6.07, 6.45) is -3.93. The summed E-state index contributed by atoms with van der Waals surface area (Å²) in [4.78, 5) is 41.4. The zero-order valence-electron chi connectivity index (χ0n) is 22.1. The molecule has 9 N–H and O–H groups in total. The number of fused-ring (bicyclic) bond motifs is 2. The highest BCUT2D eigenvalue weighted by Gasteiger charge is 2.47. The summed E-state index contributed by atoms with van der Waals surface area (Å²) >= 11 is 0. The lowest BCUT2D eigenvalue weighted by molar-refractivity contribution is -0.0503. The number of ether oxygens (including phenoxy) is 1. The molecule has 0 saturated carbocycles. The molecule has 0 radical (unpaired) electrons. The van der Waals surface area contributed by atoms with Gasteiger partial charge in [-0.05, 0) is 12.1 Å². The molecule has 1 fully saturated rings. The third kappa shape index (κ3) is 7.25. The quantitative estimate of drug-likeness (QED) is 0.0790. The Kier molecular flexibility index (Phi) is 8.94. The van der Waals surface area contributed by atoms with Gasteiger partial charge in [-0.15, -0.1) is 0 Å². The predicted molar refractivity (Wildman–Crippen MR) is 151 cm³/mol. The number of nitrogen functional groups attached to an aromatic ring is 1. The number of hydrogen-bond acceptors (Lipinski definition) is 15. The minimum Gasteiger partial charge on any atom is -0.387 e. The van der Waals surface area contributed by atoms with Crippen molar-refractivity contribution in [1.82, 2.24) is 19.5 Å². The molecule has 3 heterocycles. The monoisotopic (exact) mass is 712 g/mol. The van der Waals surface area contributed by atoms with Gasteiger partial charge in [-0.1, -0.05) is 24.3 Å². The number of aromatic nitrogens is 4. The van der Waals surface area contributed by atoms with Crippen LogP contribution in [0.4, 0.5) is 11.5 Å². The molecule has 2 aromatic heterocycles. The Morgan fingerprint density at radius 3 is 2.36 bits per heavy atom. The Hall–Kier alpha value is -2.91. The van der Waals surface area contributed by atoms with Crippen molar-refractivity contribution in [2.24, 2.45) is 0 Å². The molecule has 45 heavy (non-hydrogen) atoms. The molecule has 1 saturated heterocycles. The van der Waals surface area contributed by atoms with Crippen LogP contribution in [0.2, 0.25) is 0 Å². The van der Waals surface area contributed by atoms with E-state index in [0.29, 0.717) is 0 Å². The van der Waals surface area contributed by atoms with E-state index in [4.69, 9.17) is 10.5 Å². The molecule has 3 unspecified atom stereocenters. The molecule has 1 aliphatic heterocycles. The molecule has 5 rings (SSSR count). The van der Waals surface area contributed by atoms with Crippen molar-refractivity contribution >= 4 is 67.0 Å². The van der Waals surface area contributed by atoms with Gasteiger partial charge in [0, 0.05) is 10.8 Å².